The van der Waals surface area contributed by atoms with Crippen molar-refractivity contribution in [3.63, 3.8) is 0 Å². The van der Waals surface area contributed by atoms with E-state index in [1.165, 1.54) is 30.5 Å². The van der Waals surface area contributed by atoms with E-state index in [0.717, 1.165) is 0 Å². The average molecular weight is 249 g/mol. The molecule has 2 rings (SSSR count). The topological polar surface area (TPSA) is 88.6 Å². The summed E-state index contributed by atoms with van der Waals surface area (Å²) in [5.41, 5.74) is 0.273. The minimum absolute atomic E-state index is 0.143. The van der Waals surface area contributed by atoms with Crippen molar-refractivity contribution < 1.29 is 19.1 Å². The van der Waals surface area contributed by atoms with Crippen LogP contribution in [-0.2, 0) is 9.59 Å². The molecule has 0 aliphatic carbocycles. The quantitative estimate of drug-likeness (QED) is 0.692. The largest absolute Gasteiger partial charge is 0.494 e. The Bertz CT molecular complexity index is 499. The number of hydrogen-bond donors (Lipinski definition) is 1. The van der Waals surface area contributed by atoms with Crippen molar-refractivity contribution in [2.45, 2.75) is 0 Å². The van der Waals surface area contributed by atoms with Gasteiger partial charge in [0, 0.05) is 6.20 Å². The molecule has 0 radical (unpaired) electrons. The number of imide groups is 1. The molecule has 1 aliphatic rings. The Balaban J connectivity index is 2.25. The van der Waals surface area contributed by atoms with Gasteiger partial charge in [0.05, 0.1) is 18.9 Å². The molecule has 2 heterocycles. The summed E-state index contributed by atoms with van der Waals surface area (Å²) in [5, 5.41) is 2.13. The van der Waals surface area contributed by atoms with Gasteiger partial charge in [-0.1, -0.05) is 0 Å². The molecule has 0 saturated carbocycles. The van der Waals surface area contributed by atoms with E-state index in [2.05, 4.69) is 10.3 Å². The van der Waals surface area contributed by atoms with Crippen LogP contribution in [0.15, 0.2) is 18.5 Å². The number of nitrogens with one attached hydrogen (secondary N) is 1. The van der Waals surface area contributed by atoms with Gasteiger partial charge in [-0.05, 0) is 6.07 Å². The molecule has 1 saturated heterocycles. The van der Waals surface area contributed by atoms with Crippen LogP contribution in [0.4, 0.5) is 0 Å². The highest BCUT2D eigenvalue weighted by molar-refractivity contribution is 6.06. The second-order valence-corrected chi connectivity index (χ2v) is 3.71. The first-order valence-corrected chi connectivity index (χ1v) is 5.21. The molecule has 1 aromatic rings. The maximum atomic E-state index is 12.2. The van der Waals surface area contributed by atoms with Crippen LogP contribution in [0, 0.1) is 0 Å². The molecule has 1 fully saturated rings. The number of aromatic nitrogens is 1. The number of nitrogens with zero attached hydrogens (tertiary/aromatic N) is 2. The Morgan fingerprint density at radius 3 is 2.67 bits per heavy atom. The summed E-state index contributed by atoms with van der Waals surface area (Å²) in [6, 6.07) is 1.48. The Hall–Kier alpha value is -2.44. The molecule has 0 unspecified atom stereocenters. The molecular weight excluding hydrogens is 238 g/mol. The van der Waals surface area contributed by atoms with E-state index in [0.29, 0.717) is 5.75 Å². The van der Waals surface area contributed by atoms with Gasteiger partial charge in [0.2, 0.25) is 11.8 Å². The van der Waals surface area contributed by atoms with Gasteiger partial charge in [-0.3, -0.25) is 24.7 Å². The van der Waals surface area contributed by atoms with E-state index in [-0.39, 0.29) is 18.7 Å². The summed E-state index contributed by atoms with van der Waals surface area (Å²) in [7, 11) is 1.42. The van der Waals surface area contributed by atoms with E-state index in [4.69, 9.17) is 4.74 Å². The van der Waals surface area contributed by atoms with Crippen molar-refractivity contribution in [2.75, 3.05) is 20.2 Å². The van der Waals surface area contributed by atoms with E-state index >= 15 is 0 Å². The first-order valence-electron chi connectivity index (χ1n) is 5.21. The molecule has 0 aromatic carbocycles. The Morgan fingerprint density at radius 2 is 2.06 bits per heavy atom. The zero-order valence-electron chi connectivity index (χ0n) is 9.67. The lowest BCUT2D eigenvalue weighted by Crippen LogP contribution is -2.53. The van der Waals surface area contributed by atoms with Crippen LogP contribution < -0.4 is 10.1 Å². The molecule has 1 aromatic heterocycles. The number of pyridine rings is 1. The molecular formula is C11H11N3O4. The summed E-state index contributed by atoms with van der Waals surface area (Å²) >= 11 is 0. The standard InChI is InChI=1S/C11H11N3O4/c1-18-8-4-12-3-2-7(8)11(17)14-5-9(15)13-10(16)6-14/h2-4H,5-6H2,1H3,(H,13,15,16). The second kappa shape index (κ2) is 4.82. The fourth-order valence-corrected chi connectivity index (χ4v) is 1.67. The number of ether oxygens (including phenoxy) is 1. The van der Waals surface area contributed by atoms with Crippen molar-refractivity contribution in [3.05, 3.63) is 24.0 Å². The maximum absolute atomic E-state index is 12.2. The van der Waals surface area contributed by atoms with Crippen molar-refractivity contribution in [1.29, 1.82) is 0 Å². The Morgan fingerprint density at radius 1 is 1.39 bits per heavy atom. The van der Waals surface area contributed by atoms with Gasteiger partial charge in [0.1, 0.15) is 18.8 Å². The molecule has 3 amide bonds. The summed E-state index contributed by atoms with van der Waals surface area (Å²) < 4.78 is 5.02. The monoisotopic (exact) mass is 249 g/mol. The Labute approximate surface area is 103 Å². The molecule has 7 nitrogen and oxygen atoms in total. The first-order chi connectivity index (χ1) is 8.61. The predicted octanol–water partition coefficient (Wildman–Crippen LogP) is -0.811. The fourth-order valence-electron chi connectivity index (χ4n) is 1.67. The van der Waals surface area contributed by atoms with Crippen molar-refractivity contribution in [2.24, 2.45) is 0 Å². The molecule has 94 valence electrons. The van der Waals surface area contributed by atoms with Crippen LogP contribution in [-0.4, -0.2) is 47.8 Å². The molecule has 0 spiro atoms. The first kappa shape index (κ1) is 12.0. The average Bonchev–Trinajstić information content (AvgIpc) is 2.36. The van der Waals surface area contributed by atoms with Gasteiger partial charge >= 0.3 is 0 Å². The molecule has 7 heteroatoms. The number of hydrogen-bond acceptors (Lipinski definition) is 5. The molecule has 1 N–H and O–H groups in total. The lowest BCUT2D eigenvalue weighted by atomic mass is 10.2. The zero-order valence-corrected chi connectivity index (χ0v) is 9.67. The van der Waals surface area contributed by atoms with Gasteiger partial charge in [-0.25, -0.2) is 0 Å². The van der Waals surface area contributed by atoms with Gasteiger partial charge < -0.3 is 9.64 Å². The van der Waals surface area contributed by atoms with Crippen LogP contribution in [0.25, 0.3) is 0 Å². The third-order valence-electron chi connectivity index (χ3n) is 2.47. The summed E-state index contributed by atoms with van der Waals surface area (Å²) in [4.78, 5) is 39.6. The predicted molar refractivity (Wildman–Crippen MR) is 59.8 cm³/mol. The molecule has 1 aliphatic heterocycles. The number of carbonyl (C=O) groups excluding carboxylic acids is 3. The highest BCUT2D eigenvalue weighted by Gasteiger charge is 2.28. The van der Waals surface area contributed by atoms with E-state index in [9.17, 15) is 14.4 Å². The highest BCUT2D eigenvalue weighted by Crippen LogP contribution is 2.18. The third-order valence-corrected chi connectivity index (χ3v) is 2.47. The van der Waals surface area contributed by atoms with Crippen LogP contribution in [0.5, 0.6) is 5.75 Å². The number of methoxy groups -OCH3 is 1. The van der Waals surface area contributed by atoms with Crippen molar-refractivity contribution >= 4 is 17.7 Å². The minimum Gasteiger partial charge on any atom is -0.494 e. The fraction of sp³-hybridized carbons (Fsp3) is 0.273. The summed E-state index contributed by atoms with van der Waals surface area (Å²) in [6.07, 6.45) is 2.85. The number of amides is 3. The lowest BCUT2D eigenvalue weighted by molar-refractivity contribution is -0.135. The minimum atomic E-state index is -0.493. The van der Waals surface area contributed by atoms with Crippen molar-refractivity contribution in [3.8, 4) is 5.75 Å². The Kier molecular flexibility index (Phi) is 3.22. The maximum Gasteiger partial charge on any atom is 0.258 e. The summed E-state index contributed by atoms with van der Waals surface area (Å²) in [5.74, 6) is -1.11. The molecule has 18 heavy (non-hydrogen) atoms. The van der Waals surface area contributed by atoms with Crippen LogP contribution in [0.3, 0.4) is 0 Å². The van der Waals surface area contributed by atoms with Gasteiger partial charge in [0.25, 0.3) is 5.91 Å². The SMILES string of the molecule is COc1cnccc1C(=O)N1CC(=O)NC(=O)C1. The third kappa shape index (κ3) is 2.29. The van der Waals surface area contributed by atoms with E-state index in [1.807, 2.05) is 0 Å². The van der Waals surface area contributed by atoms with Gasteiger partial charge in [-0.15, -0.1) is 0 Å². The lowest BCUT2D eigenvalue weighted by Gasteiger charge is -2.25. The molecule has 0 bridgehead atoms. The van der Waals surface area contributed by atoms with Gasteiger partial charge in [-0.2, -0.15) is 0 Å². The van der Waals surface area contributed by atoms with Crippen LogP contribution in [0.2, 0.25) is 0 Å². The number of carbonyl (C=O) groups is 3. The number of rotatable bonds is 2. The smallest absolute Gasteiger partial charge is 0.258 e. The number of piperazine rings is 1. The highest BCUT2D eigenvalue weighted by atomic mass is 16.5. The normalized spacial score (nSPS) is 15.3. The van der Waals surface area contributed by atoms with E-state index < -0.39 is 17.7 Å². The molecule has 0 atom stereocenters. The van der Waals surface area contributed by atoms with E-state index in [1.54, 1.807) is 0 Å². The second-order valence-electron chi connectivity index (χ2n) is 3.71. The van der Waals surface area contributed by atoms with Crippen LogP contribution >= 0.6 is 0 Å². The van der Waals surface area contributed by atoms with Gasteiger partial charge in [0.15, 0.2) is 0 Å². The summed E-state index contributed by atoms with van der Waals surface area (Å²) in [6.45, 7) is -0.286. The zero-order chi connectivity index (χ0) is 13.1. The van der Waals surface area contributed by atoms with Crippen LogP contribution in [0.1, 0.15) is 10.4 Å². The van der Waals surface area contributed by atoms with Crippen molar-refractivity contribution in [1.82, 2.24) is 15.2 Å².